The van der Waals surface area contributed by atoms with Gasteiger partial charge in [-0.05, 0) is 125 Å². The fourth-order valence-electron chi connectivity index (χ4n) is 9.98. The summed E-state index contributed by atoms with van der Waals surface area (Å²) in [5.41, 5.74) is 16.5. The second-order valence-corrected chi connectivity index (χ2v) is 16.5. The Hall–Kier alpha value is -6.44. The van der Waals surface area contributed by atoms with Crippen LogP contribution in [0.5, 0.6) is 0 Å². The highest BCUT2D eigenvalue weighted by Crippen LogP contribution is 2.53. The molecule has 0 aromatic heterocycles. The molecule has 0 amide bonds. The number of fused-ring (bicyclic) bond motifs is 4. The SMILES string of the molecule is CC1(C)c2ccccc2-c2ccc(N(c3ccc(-c4ccccc4)cc3)c3ccc(-c4cc5c6c(ccc7cccc(c76)C5(C)C)c4)c4ccccc34)cc21. The molecule has 0 bridgehead atoms. The van der Waals surface area contributed by atoms with E-state index in [1.807, 2.05) is 0 Å². The summed E-state index contributed by atoms with van der Waals surface area (Å²) in [4.78, 5) is 2.47. The zero-order chi connectivity index (χ0) is 37.1. The van der Waals surface area contributed by atoms with E-state index >= 15 is 0 Å². The number of hydrogen-bond acceptors (Lipinski definition) is 1. The van der Waals surface area contributed by atoms with E-state index in [2.05, 4.69) is 209 Å². The maximum Gasteiger partial charge on any atom is 0.0540 e. The van der Waals surface area contributed by atoms with Crippen LogP contribution in [0.4, 0.5) is 17.1 Å². The number of hydrogen-bond donors (Lipinski definition) is 0. The normalized spacial score (nSPS) is 14.5. The average Bonchev–Trinajstić information content (AvgIpc) is 3.60. The summed E-state index contributed by atoms with van der Waals surface area (Å²) in [6, 6.07) is 65.7. The Morgan fingerprint density at radius 2 is 0.964 bits per heavy atom. The quantitative estimate of drug-likeness (QED) is 0.161. The second-order valence-electron chi connectivity index (χ2n) is 16.5. The maximum atomic E-state index is 2.48. The molecule has 55 heavy (non-hydrogen) atoms. The van der Waals surface area contributed by atoms with E-state index < -0.39 is 0 Å². The van der Waals surface area contributed by atoms with Gasteiger partial charge in [-0.1, -0.05) is 161 Å². The molecule has 0 aliphatic heterocycles. The molecule has 0 atom stereocenters. The van der Waals surface area contributed by atoms with Crippen molar-refractivity contribution in [2.24, 2.45) is 0 Å². The molecular formula is C54H41N. The molecule has 0 N–H and O–H groups in total. The lowest BCUT2D eigenvalue weighted by atomic mass is 9.80. The molecule has 0 radical (unpaired) electrons. The van der Waals surface area contributed by atoms with Gasteiger partial charge in [0.15, 0.2) is 0 Å². The van der Waals surface area contributed by atoms with Gasteiger partial charge in [0.1, 0.15) is 0 Å². The monoisotopic (exact) mass is 703 g/mol. The third-order valence-corrected chi connectivity index (χ3v) is 12.8. The Bertz CT molecular complexity index is 3020. The van der Waals surface area contributed by atoms with Crippen LogP contribution in [0.1, 0.15) is 49.9 Å². The number of benzene rings is 9. The van der Waals surface area contributed by atoms with Crippen LogP contribution in [0.2, 0.25) is 0 Å². The molecule has 1 nitrogen and oxygen atoms in total. The molecule has 0 fully saturated rings. The van der Waals surface area contributed by atoms with Gasteiger partial charge in [-0.2, -0.15) is 0 Å². The lowest BCUT2D eigenvalue weighted by molar-refractivity contribution is 0.660. The molecule has 9 aromatic rings. The molecule has 262 valence electrons. The largest absolute Gasteiger partial charge is 0.310 e. The summed E-state index contributed by atoms with van der Waals surface area (Å²) in [6.07, 6.45) is 0. The lowest BCUT2D eigenvalue weighted by Gasteiger charge is -2.29. The molecule has 9 aromatic carbocycles. The maximum absolute atomic E-state index is 2.48. The topological polar surface area (TPSA) is 3.24 Å². The summed E-state index contributed by atoms with van der Waals surface area (Å²) in [5, 5.41) is 7.95. The van der Waals surface area contributed by atoms with Gasteiger partial charge in [0, 0.05) is 27.6 Å². The van der Waals surface area contributed by atoms with Crippen molar-refractivity contribution in [2.45, 2.75) is 38.5 Å². The zero-order valence-electron chi connectivity index (χ0n) is 31.7. The van der Waals surface area contributed by atoms with Crippen molar-refractivity contribution in [3.63, 3.8) is 0 Å². The van der Waals surface area contributed by atoms with E-state index in [4.69, 9.17) is 0 Å². The van der Waals surface area contributed by atoms with Crippen LogP contribution >= 0.6 is 0 Å². The third-order valence-electron chi connectivity index (χ3n) is 12.8. The predicted molar refractivity (Wildman–Crippen MR) is 234 cm³/mol. The number of nitrogens with zero attached hydrogens (tertiary/aromatic N) is 1. The van der Waals surface area contributed by atoms with Crippen molar-refractivity contribution in [1.29, 1.82) is 0 Å². The number of rotatable bonds is 5. The lowest BCUT2D eigenvalue weighted by Crippen LogP contribution is -2.16. The van der Waals surface area contributed by atoms with Crippen LogP contribution in [-0.4, -0.2) is 0 Å². The molecule has 0 heterocycles. The van der Waals surface area contributed by atoms with Crippen LogP contribution in [0.3, 0.4) is 0 Å². The first-order valence-electron chi connectivity index (χ1n) is 19.5. The summed E-state index contributed by atoms with van der Waals surface area (Å²) < 4.78 is 0. The molecule has 0 unspecified atom stereocenters. The van der Waals surface area contributed by atoms with Crippen molar-refractivity contribution < 1.29 is 0 Å². The van der Waals surface area contributed by atoms with E-state index in [0.29, 0.717) is 0 Å². The summed E-state index contributed by atoms with van der Waals surface area (Å²) in [5.74, 6) is 0. The van der Waals surface area contributed by atoms with Gasteiger partial charge >= 0.3 is 0 Å². The van der Waals surface area contributed by atoms with Crippen LogP contribution < -0.4 is 4.90 Å². The highest BCUT2D eigenvalue weighted by Gasteiger charge is 2.36. The van der Waals surface area contributed by atoms with E-state index in [1.54, 1.807) is 0 Å². The van der Waals surface area contributed by atoms with Gasteiger partial charge in [0.25, 0.3) is 0 Å². The van der Waals surface area contributed by atoms with Crippen molar-refractivity contribution in [1.82, 2.24) is 0 Å². The van der Waals surface area contributed by atoms with Crippen LogP contribution in [0.25, 0.3) is 65.7 Å². The van der Waals surface area contributed by atoms with Gasteiger partial charge in [0.05, 0.1) is 5.69 Å². The second kappa shape index (κ2) is 11.5. The first-order valence-corrected chi connectivity index (χ1v) is 19.5. The highest BCUT2D eigenvalue weighted by molar-refractivity contribution is 6.16. The fraction of sp³-hybridized carbons (Fsp3) is 0.111. The van der Waals surface area contributed by atoms with E-state index in [0.717, 1.165) is 11.4 Å². The predicted octanol–water partition coefficient (Wildman–Crippen LogP) is 14.9. The Balaban J connectivity index is 1.11. The van der Waals surface area contributed by atoms with Gasteiger partial charge < -0.3 is 4.90 Å². The van der Waals surface area contributed by atoms with Crippen molar-refractivity contribution >= 4 is 49.4 Å². The summed E-state index contributed by atoms with van der Waals surface area (Å²) in [7, 11) is 0. The van der Waals surface area contributed by atoms with Gasteiger partial charge in [-0.3, -0.25) is 0 Å². The Kier molecular flexibility index (Phi) is 6.72. The molecule has 11 rings (SSSR count). The summed E-state index contributed by atoms with van der Waals surface area (Å²) >= 11 is 0. The summed E-state index contributed by atoms with van der Waals surface area (Å²) in [6.45, 7) is 9.51. The van der Waals surface area contributed by atoms with Crippen LogP contribution in [0.15, 0.2) is 176 Å². The Morgan fingerprint density at radius 1 is 0.345 bits per heavy atom. The zero-order valence-corrected chi connectivity index (χ0v) is 31.7. The van der Waals surface area contributed by atoms with Gasteiger partial charge in [-0.25, -0.2) is 0 Å². The van der Waals surface area contributed by atoms with E-state index in [1.165, 1.54) is 93.6 Å². The van der Waals surface area contributed by atoms with Crippen LogP contribution in [0, 0.1) is 0 Å². The molecule has 0 saturated heterocycles. The third kappa shape index (κ3) is 4.60. The molecular weight excluding hydrogens is 663 g/mol. The minimum absolute atomic E-state index is 0.0725. The fourth-order valence-corrected chi connectivity index (χ4v) is 9.98. The van der Waals surface area contributed by atoms with E-state index in [-0.39, 0.29) is 10.8 Å². The average molecular weight is 704 g/mol. The van der Waals surface area contributed by atoms with Crippen molar-refractivity contribution in [3.05, 3.63) is 198 Å². The minimum atomic E-state index is -0.104. The van der Waals surface area contributed by atoms with Gasteiger partial charge in [0.2, 0.25) is 0 Å². The first kappa shape index (κ1) is 32.0. The molecule has 1 heteroatoms. The van der Waals surface area contributed by atoms with Crippen LogP contribution in [-0.2, 0) is 10.8 Å². The molecule has 0 spiro atoms. The standard InChI is InChI=1S/C54H41N/c1-53(2)46-19-11-10-17-43(46)44-28-27-40(33-48(44)53)55(39-25-23-35(24-26-39)34-13-6-5-7-14-34)50-30-29-41(42-16-8-9-18-45(42)50)38-31-37-22-21-36-15-12-20-47-51(36)52(37)49(32-38)54(47,3)4/h5-33H,1-4H3. The molecule has 0 saturated carbocycles. The number of anilines is 3. The van der Waals surface area contributed by atoms with Crippen molar-refractivity contribution in [2.75, 3.05) is 4.90 Å². The Labute approximate surface area is 323 Å². The molecule has 2 aliphatic rings. The highest BCUT2D eigenvalue weighted by atomic mass is 15.1. The van der Waals surface area contributed by atoms with E-state index in [9.17, 15) is 0 Å². The Morgan fingerprint density at radius 3 is 1.80 bits per heavy atom. The van der Waals surface area contributed by atoms with Crippen molar-refractivity contribution in [3.8, 4) is 33.4 Å². The van der Waals surface area contributed by atoms with Gasteiger partial charge in [-0.15, -0.1) is 0 Å². The first-order chi connectivity index (χ1) is 26.8. The smallest absolute Gasteiger partial charge is 0.0540 e. The molecule has 2 aliphatic carbocycles. The minimum Gasteiger partial charge on any atom is -0.310 e.